The first kappa shape index (κ1) is 34.1. The van der Waals surface area contributed by atoms with Crippen LogP contribution in [0.25, 0.3) is 5.69 Å². The molecular formula is C38H43N7O3S2. The molecule has 10 nitrogen and oxygen atoms in total. The van der Waals surface area contributed by atoms with Gasteiger partial charge in [0.25, 0.3) is 10.0 Å². The predicted octanol–water partition coefficient (Wildman–Crippen LogP) is 7.74. The van der Waals surface area contributed by atoms with Crippen molar-refractivity contribution in [2.45, 2.75) is 88.7 Å². The van der Waals surface area contributed by atoms with Gasteiger partial charge in [-0.2, -0.15) is 18.2 Å². The number of aryl methyl sites for hydroxylation is 1. The lowest BCUT2D eigenvalue weighted by Crippen LogP contribution is -2.47. The van der Waals surface area contributed by atoms with Crippen molar-refractivity contribution < 1.29 is 13.2 Å². The summed E-state index contributed by atoms with van der Waals surface area (Å²) < 4.78 is 40.2. The van der Waals surface area contributed by atoms with Crippen LogP contribution in [0.1, 0.15) is 74.5 Å². The van der Waals surface area contributed by atoms with Crippen LogP contribution >= 0.6 is 11.7 Å². The number of piperidine rings is 1. The Bertz CT molecular complexity index is 2070. The molecule has 50 heavy (non-hydrogen) atoms. The number of carbonyl (C=O) groups is 1. The molecule has 2 amide bonds. The summed E-state index contributed by atoms with van der Waals surface area (Å²) in [6.07, 6.45) is 4.53. The Labute approximate surface area is 298 Å². The van der Waals surface area contributed by atoms with Crippen LogP contribution in [-0.4, -0.2) is 49.4 Å². The van der Waals surface area contributed by atoms with Crippen LogP contribution in [0.2, 0.25) is 0 Å². The molecule has 3 aromatic carbocycles. The third-order valence-electron chi connectivity index (χ3n) is 9.73. The van der Waals surface area contributed by atoms with Crippen LogP contribution in [0.5, 0.6) is 0 Å². The third kappa shape index (κ3) is 7.24. The Morgan fingerprint density at radius 3 is 2.28 bits per heavy atom. The maximum absolute atomic E-state index is 14.0. The number of benzene rings is 3. The van der Waals surface area contributed by atoms with Crippen LogP contribution in [0, 0.1) is 12.8 Å². The third-order valence-corrected chi connectivity index (χ3v) is 12.4. The molecule has 2 N–H and O–H groups in total. The van der Waals surface area contributed by atoms with E-state index < -0.39 is 10.0 Å². The fraction of sp³-hybridized carbons (Fsp3) is 0.368. The molecule has 2 saturated heterocycles. The summed E-state index contributed by atoms with van der Waals surface area (Å²) >= 11 is 0.965. The van der Waals surface area contributed by atoms with Crippen molar-refractivity contribution in [3.05, 3.63) is 113 Å². The number of aromatic nitrogens is 4. The van der Waals surface area contributed by atoms with E-state index in [4.69, 9.17) is 5.10 Å². The highest BCUT2D eigenvalue weighted by molar-refractivity contribution is 7.89. The molecule has 2 fully saturated rings. The van der Waals surface area contributed by atoms with Crippen molar-refractivity contribution in [3.63, 3.8) is 0 Å². The van der Waals surface area contributed by atoms with Gasteiger partial charge in [0.05, 0.1) is 28.8 Å². The minimum Gasteiger partial charge on any atom is -0.308 e. The zero-order valence-corrected chi connectivity index (χ0v) is 30.5. The number of hydrogen-bond acceptors (Lipinski definition) is 7. The van der Waals surface area contributed by atoms with Gasteiger partial charge in [-0.3, -0.25) is 5.32 Å². The number of anilines is 2. The van der Waals surface area contributed by atoms with Crippen LogP contribution in [0.4, 0.5) is 16.3 Å². The molecule has 2 aliphatic rings. The minimum atomic E-state index is -3.77. The lowest BCUT2D eigenvalue weighted by atomic mass is 9.87. The Morgan fingerprint density at radius 1 is 0.880 bits per heavy atom. The van der Waals surface area contributed by atoms with Crippen molar-refractivity contribution in [1.82, 2.24) is 22.8 Å². The van der Waals surface area contributed by atoms with Crippen molar-refractivity contribution in [3.8, 4) is 5.69 Å². The second-order valence-corrected chi connectivity index (χ2v) is 16.9. The topological polar surface area (TPSA) is 122 Å². The number of hydrogen-bond donors (Lipinski definition) is 2. The van der Waals surface area contributed by atoms with Gasteiger partial charge in [-0.15, -0.1) is 0 Å². The Balaban J connectivity index is 1.01. The van der Waals surface area contributed by atoms with E-state index in [-0.39, 0.29) is 28.6 Å². The molecule has 2 atom stereocenters. The summed E-state index contributed by atoms with van der Waals surface area (Å²) in [6, 6.07) is 27.2. The fourth-order valence-corrected chi connectivity index (χ4v) is 10.1. The molecule has 12 heteroatoms. The molecule has 2 aliphatic heterocycles. The van der Waals surface area contributed by atoms with E-state index in [1.807, 2.05) is 85.8 Å². The van der Waals surface area contributed by atoms with Crippen molar-refractivity contribution in [2.24, 2.45) is 5.92 Å². The lowest BCUT2D eigenvalue weighted by molar-refractivity contribution is 0.189. The molecule has 0 saturated carbocycles. The van der Waals surface area contributed by atoms with E-state index in [1.54, 1.807) is 8.99 Å². The van der Waals surface area contributed by atoms with Crippen LogP contribution < -0.4 is 10.6 Å². The molecule has 0 aliphatic carbocycles. The van der Waals surface area contributed by atoms with E-state index >= 15 is 0 Å². The number of urea groups is 1. The zero-order valence-electron chi connectivity index (χ0n) is 28.8. The van der Waals surface area contributed by atoms with Crippen LogP contribution in [0.15, 0.2) is 90.0 Å². The molecule has 0 spiro atoms. The summed E-state index contributed by atoms with van der Waals surface area (Å²) in [5, 5.41) is 10.9. The molecule has 0 radical (unpaired) electrons. The van der Waals surface area contributed by atoms with E-state index in [1.165, 1.54) is 0 Å². The number of nitrogens with one attached hydrogen (secondary N) is 2. The standard InChI is InChI=1S/C38H43N7O3S2/c1-25-13-15-30(16-14-25)44-35(24-34(41-44)38(2,3)4)40-37(46)39-29-12-8-11-27(20-29)19-28-21-31-17-18-32(22-28)45(31)50(47,48)36-33(42-49-43-36)23-26-9-6-5-7-10-26/h5-16,20,24,28,31-32H,17-19,21-23H2,1-4H3,(H2,39,40,46). The van der Waals surface area contributed by atoms with Gasteiger partial charge in [0, 0.05) is 35.7 Å². The molecule has 2 bridgehead atoms. The molecule has 260 valence electrons. The second-order valence-electron chi connectivity index (χ2n) is 14.6. The molecule has 4 heterocycles. The number of sulfonamides is 1. The molecule has 7 rings (SSSR count). The Kier molecular flexibility index (Phi) is 9.36. The highest BCUT2D eigenvalue weighted by Crippen LogP contribution is 2.43. The zero-order chi connectivity index (χ0) is 35.0. The van der Waals surface area contributed by atoms with E-state index in [2.05, 4.69) is 46.2 Å². The van der Waals surface area contributed by atoms with Gasteiger partial charge in [0.2, 0.25) is 5.03 Å². The van der Waals surface area contributed by atoms with Crippen molar-refractivity contribution >= 4 is 39.3 Å². The smallest absolute Gasteiger partial charge is 0.308 e. The van der Waals surface area contributed by atoms with E-state index in [0.29, 0.717) is 29.5 Å². The molecule has 2 unspecified atom stereocenters. The first-order valence-corrected chi connectivity index (χ1v) is 19.3. The fourth-order valence-electron chi connectivity index (χ4n) is 7.30. The SMILES string of the molecule is Cc1ccc(-n2nc(C(C)(C)C)cc2NC(=O)Nc2cccc(CC3CC4CCC(C3)N4S(=O)(=O)c3nsnc3Cc3ccccc3)c2)cc1. The summed E-state index contributed by atoms with van der Waals surface area (Å²) in [5.74, 6) is 0.922. The number of rotatable bonds is 9. The molecular weight excluding hydrogens is 667 g/mol. The van der Waals surface area contributed by atoms with Crippen LogP contribution in [0.3, 0.4) is 0 Å². The van der Waals surface area contributed by atoms with E-state index in [9.17, 15) is 13.2 Å². The number of nitrogens with zero attached hydrogens (tertiary/aromatic N) is 5. The second kappa shape index (κ2) is 13.7. The minimum absolute atomic E-state index is 0.0570. The van der Waals surface area contributed by atoms with Gasteiger partial charge in [-0.1, -0.05) is 80.9 Å². The maximum atomic E-state index is 14.0. The molecule has 2 aromatic heterocycles. The highest BCUT2D eigenvalue weighted by atomic mass is 32.2. The summed E-state index contributed by atoms with van der Waals surface area (Å²) in [6.45, 7) is 8.33. The van der Waals surface area contributed by atoms with E-state index in [0.717, 1.165) is 71.9 Å². The summed E-state index contributed by atoms with van der Waals surface area (Å²) in [4.78, 5) is 13.3. The van der Waals surface area contributed by atoms with Gasteiger partial charge >= 0.3 is 6.03 Å². The summed E-state index contributed by atoms with van der Waals surface area (Å²) in [7, 11) is -3.77. The van der Waals surface area contributed by atoms with Gasteiger partial charge < -0.3 is 5.32 Å². The quantitative estimate of drug-likeness (QED) is 0.162. The Hall–Kier alpha value is -4.39. The van der Waals surface area contributed by atoms with Gasteiger partial charge in [-0.05, 0) is 80.3 Å². The molecule has 5 aromatic rings. The summed E-state index contributed by atoms with van der Waals surface area (Å²) in [5.41, 5.74) is 6.03. The number of carbonyl (C=O) groups excluding carboxylic acids is 1. The largest absolute Gasteiger partial charge is 0.324 e. The number of amides is 2. The van der Waals surface area contributed by atoms with Gasteiger partial charge in [-0.25, -0.2) is 17.9 Å². The average molecular weight is 710 g/mol. The lowest BCUT2D eigenvalue weighted by Gasteiger charge is -2.37. The normalized spacial score (nSPS) is 19.4. The first-order valence-electron chi connectivity index (χ1n) is 17.2. The van der Waals surface area contributed by atoms with Crippen molar-refractivity contribution in [1.29, 1.82) is 0 Å². The van der Waals surface area contributed by atoms with Gasteiger partial charge in [0.1, 0.15) is 5.82 Å². The maximum Gasteiger partial charge on any atom is 0.324 e. The monoisotopic (exact) mass is 709 g/mol. The Morgan fingerprint density at radius 2 is 1.58 bits per heavy atom. The average Bonchev–Trinajstić information content (AvgIpc) is 3.79. The van der Waals surface area contributed by atoms with Crippen molar-refractivity contribution in [2.75, 3.05) is 10.6 Å². The first-order chi connectivity index (χ1) is 23.9. The van der Waals surface area contributed by atoms with Crippen LogP contribution in [-0.2, 0) is 28.3 Å². The van der Waals surface area contributed by atoms with Gasteiger partial charge in [0.15, 0.2) is 0 Å². The number of fused-ring (bicyclic) bond motifs is 2. The highest BCUT2D eigenvalue weighted by Gasteiger charge is 2.48. The predicted molar refractivity (Wildman–Crippen MR) is 198 cm³/mol.